The maximum Gasteiger partial charge on any atom is 0.322 e. The molecule has 1 aliphatic rings. The summed E-state index contributed by atoms with van der Waals surface area (Å²) in [7, 11) is 0. The second-order valence-corrected chi connectivity index (χ2v) is 7.63. The first-order valence-corrected chi connectivity index (χ1v) is 10.3. The summed E-state index contributed by atoms with van der Waals surface area (Å²) >= 11 is 5.73. The molecule has 2 amide bonds. The summed E-state index contributed by atoms with van der Waals surface area (Å²) in [5.74, 6) is 1.74. The van der Waals surface area contributed by atoms with Gasteiger partial charge in [0.25, 0.3) is 0 Å². The molecule has 31 heavy (non-hydrogen) atoms. The molecule has 2 aromatic heterocycles. The summed E-state index contributed by atoms with van der Waals surface area (Å²) in [4.78, 5) is 22.8. The number of halogens is 1. The molecule has 156 valence electrons. The van der Waals surface area contributed by atoms with Crippen LogP contribution in [0.2, 0.25) is 5.15 Å². The number of likely N-dealkylation sites (tertiary alicyclic amines) is 1. The molecule has 5 rings (SSSR count). The lowest BCUT2D eigenvalue weighted by atomic mass is 10.2. The predicted molar refractivity (Wildman–Crippen MR) is 117 cm³/mol. The fourth-order valence-corrected chi connectivity index (χ4v) is 3.81. The van der Waals surface area contributed by atoms with Crippen molar-refractivity contribution in [3.05, 3.63) is 71.6 Å². The number of benzene rings is 2. The Morgan fingerprint density at radius 1 is 1.10 bits per heavy atom. The number of imidazole rings is 1. The van der Waals surface area contributed by atoms with E-state index in [-0.39, 0.29) is 12.1 Å². The van der Waals surface area contributed by atoms with E-state index in [1.54, 1.807) is 36.4 Å². The summed E-state index contributed by atoms with van der Waals surface area (Å²) < 4.78 is 5.63. The van der Waals surface area contributed by atoms with Crippen molar-refractivity contribution in [2.75, 3.05) is 11.9 Å². The van der Waals surface area contributed by atoms with E-state index in [1.807, 2.05) is 29.2 Å². The fraction of sp³-hybridized carbons (Fsp3) is 0.182. The smallest absolute Gasteiger partial charge is 0.322 e. The molecule has 2 aromatic carbocycles. The third-order valence-corrected chi connectivity index (χ3v) is 5.37. The molecule has 0 radical (unpaired) electrons. The van der Waals surface area contributed by atoms with Crippen LogP contribution in [0.3, 0.4) is 0 Å². The van der Waals surface area contributed by atoms with E-state index in [0.29, 0.717) is 29.0 Å². The Hall–Kier alpha value is -3.65. The van der Waals surface area contributed by atoms with Gasteiger partial charge in [0.15, 0.2) is 5.15 Å². The first-order chi connectivity index (χ1) is 15.2. The monoisotopic (exact) mass is 434 g/mol. The summed E-state index contributed by atoms with van der Waals surface area (Å²) in [5, 5.41) is 10.9. The number of anilines is 1. The van der Waals surface area contributed by atoms with Crippen molar-refractivity contribution < 1.29 is 9.53 Å². The molecule has 1 saturated heterocycles. The number of para-hydroxylation sites is 2. The number of carbonyl (C=O) groups is 1. The minimum Gasteiger partial charge on any atom is -0.438 e. The second-order valence-electron chi connectivity index (χ2n) is 7.24. The number of nitrogens with zero attached hydrogens (tertiary/aromatic N) is 4. The SMILES string of the molecule is O=C(Nc1ccc(Oc2ccc(Cl)nn2)cc1)N1CCCC1c1nc2ccccc2[nH]1. The maximum atomic E-state index is 12.9. The number of fused-ring (bicyclic) bond motifs is 1. The molecular weight excluding hydrogens is 416 g/mol. The van der Waals surface area contributed by atoms with Gasteiger partial charge in [-0.1, -0.05) is 23.7 Å². The Morgan fingerprint density at radius 3 is 2.71 bits per heavy atom. The number of carbonyl (C=O) groups excluding carboxylic acids is 1. The van der Waals surface area contributed by atoms with Crippen LogP contribution in [-0.4, -0.2) is 37.6 Å². The molecule has 4 aromatic rings. The molecule has 0 bridgehead atoms. The minimum atomic E-state index is -0.153. The summed E-state index contributed by atoms with van der Waals surface area (Å²) in [6, 6.07) is 18.0. The number of hydrogen-bond acceptors (Lipinski definition) is 5. The standard InChI is InChI=1S/C22H19ClN6O2/c23-19-11-12-20(28-27-19)31-15-9-7-14(8-10-15)24-22(30)29-13-3-6-18(29)21-25-16-4-1-2-5-17(16)26-21/h1-2,4-5,7-12,18H,3,6,13H2,(H,24,30)(H,25,26). The van der Waals surface area contributed by atoms with E-state index in [9.17, 15) is 4.79 Å². The zero-order valence-corrected chi connectivity index (χ0v) is 17.2. The lowest BCUT2D eigenvalue weighted by molar-refractivity contribution is 0.205. The van der Waals surface area contributed by atoms with Crippen LogP contribution >= 0.6 is 11.6 Å². The van der Waals surface area contributed by atoms with Crippen molar-refractivity contribution in [2.45, 2.75) is 18.9 Å². The van der Waals surface area contributed by atoms with Crippen molar-refractivity contribution in [1.29, 1.82) is 0 Å². The fourth-order valence-electron chi connectivity index (χ4n) is 3.70. The van der Waals surface area contributed by atoms with E-state index in [1.165, 1.54) is 0 Å². The molecule has 0 spiro atoms. The molecule has 3 heterocycles. The number of ether oxygens (including phenoxy) is 1. The summed E-state index contributed by atoms with van der Waals surface area (Å²) in [5.41, 5.74) is 2.56. The quantitative estimate of drug-likeness (QED) is 0.462. The molecule has 1 unspecified atom stereocenters. The van der Waals surface area contributed by atoms with Crippen molar-refractivity contribution in [3.63, 3.8) is 0 Å². The molecule has 8 nitrogen and oxygen atoms in total. The van der Waals surface area contributed by atoms with Crippen LogP contribution in [-0.2, 0) is 0 Å². The Morgan fingerprint density at radius 2 is 1.94 bits per heavy atom. The minimum absolute atomic E-state index is 0.0708. The van der Waals surface area contributed by atoms with Gasteiger partial charge in [-0.25, -0.2) is 9.78 Å². The maximum absolute atomic E-state index is 12.9. The summed E-state index contributed by atoms with van der Waals surface area (Å²) in [6.07, 6.45) is 1.81. The average Bonchev–Trinajstić information content (AvgIpc) is 3.43. The van der Waals surface area contributed by atoms with Gasteiger partial charge in [0, 0.05) is 18.3 Å². The summed E-state index contributed by atoms with van der Waals surface area (Å²) in [6.45, 7) is 0.685. The number of amides is 2. The van der Waals surface area contributed by atoms with Crippen LogP contribution in [0, 0.1) is 0 Å². The Labute approximate surface area is 183 Å². The third kappa shape index (κ3) is 4.15. The largest absolute Gasteiger partial charge is 0.438 e. The normalized spacial score (nSPS) is 15.9. The first kappa shape index (κ1) is 19.3. The molecule has 2 N–H and O–H groups in total. The van der Waals surface area contributed by atoms with Crippen molar-refractivity contribution >= 4 is 34.4 Å². The van der Waals surface area contributed by atoms with Crippen LogP contribution in [0.1, 0.15) is 24.7 Å². The molecule has 1 atom stereocenters. The van der Waals surface area contributed by atoms with Crippen molar-refractivity contribution in [2.24, 2.45) is 0 Å². The van der Waals surface area contributed by atoms with Gasteiger partial charge < -0.3 is 19.9 Å². The highest BCUT2D eigenvalue weighted by atomic mass is 35.5. The first-order valence-electron chi connectivity index (χ1n) is 9.95. The number of nitrogens with one attached hydrogen (secondary N) is 2. The molecule has 9 heteroatoms. The topological polar surface area (TPSA) is 96.0 Å². The van der Waals surface area contributed by atoms with Gasteiger partial charge in [-0.15, -0.1) is 10.2 Å². The van der Waals surface area contributed by atoms with Crippen LogP contribution in [0.5, 0.6) is 11.6 Å². The number of aromatic amines is 1. The van der Waals surface area contributed by atoms with Crippen LogP contribution < -0.4 is 10.1 Å². The number of urea groups is 1. The second kappa shape index (κ2) is 8.23. The van der Waals surface area contributed by atoms with Gasteiger partial charge in [0.2, 0.25) is 5.88 Å². The van der Waals surface area contributed by atoms with Gasteiger partial charge in [-0.2, -0.15) is 0 Å². The van der Waals surface area contributed by atoms with Crippen LogP contribution in [0.4, 0.5) is 10.5 Å². The lowest BCUT2D eigenvalue weighted by Crippen LogP contribution is -2.34. The Balaban J connectivity index is 1.26. The van der Waals surface area contributed by atoms with Gasteiger partial charge in [0.1, 0.15) is 11.6 Å². The van der Waals surface area contributed by atoms with E-state index in [2.05, 4.69) is 25.5 Å². The van der Waals surface area contributed by atoms with E-state index < -0.39 is 0 Å². The number of aromatic nitrogens is 4. The molecular formula is C22H19ClN6O2. The zero-order chi connectivity index (χ0) is 21.2. The van der Waals surface area contributed by atoms with Gasteiger partial charge >= 0.3 is 6.03 Å². The zero-order valence-electron chi connectivity index (χ0n) is 16.5. The van der Waals surface area contributed by atoms with Gasteiger partial charge in [-0.05, 0) is 55.3 Å². The van der Waals surface area contributed by atoms with Crippen molar-refractivity contribution in [1.82, 2.24) is 25.1 Å². The number of hydrogen-bond donors (Lipinski definition) is 2. The average molecular weight is 435 g/mol. The molecule has 1 aliphatic heterocycles. The van der Waals surface area contributed by atoms with Crippen LogP contribution in [0.15, 0.2) is 60.7 Å². The predicted octanol–water partition coefficient (Wildman–Crippen LogP) is 5.17. The van der Waals surface area contributed by atoms with Crippen LogP contribution in [0.25, 0.3) is 11.0 Å². The molecule has 0 aliphatic carbocycles. The lowest BCUT2D eigenvalue weighted by Gasteiger charge is -2.23. The van der Waals surface area contributed by atoms with Crippen molar-refractivity contribution in [3.8, 4) is 11.6 Å². The van der Waals surface area contributed by atoms with Gasteiger partial charge in [0.05, 0.1) is 17.1 Å². The molecule has 1 fully saturated rings. The third-order valence-electron chi connectivity index (χ3n) is 5.17. The highest BCUT2D eigenvalue weighted by Crippen LogP contribution is 2.32. The van der Waals surface area contributed by atoms with E-state index in [0.717, 1.165) is 29.7 Å². The Bertz CT molecular complexity index is 1180. The molecule has 0 saturated carbocycles. The Kier molecular flexibility index (Phi) is 5.13. The van der Waals surface area contributed by atoms with E-state index >= 15 is 0 Å². The highest BCUT2D eigenvalue weighted by molar-refractivity contribution is 6.29. The van der Waals surface area contributed by atoms with Gasteiger partial charge in [-0.3, -0.25) is 0 Å². The highest BCUT2D eigenvalue weighted by Gasteiger charge is 2.32. The van der Waals surface area contributed by atoms with E-state index in [4.69, 9.17) is 16.3 Å². The number of H-pyrrole nitrogens is 1. The number of rotatable bonds is 4.